The van der Waals surface area contributed by atoms with Gasteiger partial charge in [0.2, 0.25) is 0 Å². The van der Waals surface area contributed by atoms with Crippen LogP contribution in [0.2, 0.25) is 0 Å². The van der Waals surface area contributed by atoms with E-state index in [9.17, 15) is 4.79 Å². The zero-order valence-corrected chi connectivity index (χ0v) is 5.69. The molecule has 0 aromatic heterocycles. The molecule has 3 nitrogen and oxygen atoms in total. The van der Waals surface area contributed by atoms with E-state index in [-0.39, 0.29) is 5.92 Å². The standard InChI is InChI=1S/C7H10O3/c1-4-2-3-5(8)6(4)7(9)10/h2-6,8H,1H3,(H,9,10)/t4?,5-,6+/m0/s1. The highest BCUT2D eigenvalue weighted by Crippen LogP contribution is 2.24. The largest absolute Gasteiger partial charge is 0.481 e. The number of aliphatic hydroxyl groups excluding tert-OH is 1. The van der Waals surface area contributed by atoms with E-state index in [1.807, 2.05) is 0 Å². The molecule has 0 spiro atoms. The molecule has 0 saturated heterocycles. The van der Waals surface area contributed by atoms with Crippen LogP contribution in [0.25, 0.3) is 0 Å². The van der Waals surface area contributed by atoms with E-state index in [1.165, 1.54) is 6.08 Å². The molecule has 56 valence electrons. The predicted octanol–water partition coefficient (Wildman–Crippen LogP) is 0.254. The van der Waals surface area contributed by atoms with Gasteiger partial charge in [0.1, 0.15) is 0 Å². The second-order valence-corrected chi connectivity index (χ2v) is 2.60. The van der Waals surface area contributed by atoms with Crippen LogP contribution in [0.1, 0.15) is 6.92 Å². The summed E-state index contributed by atoms with van der Waals surface area (Å²) >= 11 is 0. The van der Waals surface area contributed by atoms with Gasteiger partial charge in [0.25, 0.3) is 0 Å². The third-order valence-corrected chi connectivity index (χ3v) is 1.83. The molecule has 2 N–H and O–H groups in total. The van der Waals surface area contributed by atoms with Crippen LogP contribution in [-0.2, 0) is 4.79 Å². The van der Waals surface area contributed by atoms with E-state index in [0.717, 1.165) is 0 Å². The Morgan fingerprint density at radius 1 is 1.50 bits per heavy atom. The van der Waals surface area contributed by atoms with Crippen molar-refractivity contribution in [1.82, 2.24) is 0 Å². The highest BCUT2D eigenvalue weighted by molar-refractivity contribution is 5.72. The van der Waals surface area contributed by atoms with Gasteiger partial charge in [-0.3, -0.25) is 4.79 Å². The number of hydrogen-bond donors (Lipinski definition) is 2. The average Bonchev–Trinajstić information content (AvgIpc) is 2.11. The Hall–Kier alpha value is -0.830. The molecular weight excluding hydrogens is 132 g/mol. The Labute approximate surface area is 59.0 Å². The number of carbonyl (C=O) groups is 1. The minimum atomic E-state index is -0.926. The molecule has 0 heterocycles. The Bertz CT molecular complexity index is 162. The molecule has 3 heteroatoms. The molecule has 3 atom stereocenters. The minimum absolute atomic E-state index is 0.0486. The quantitative estimate of drug-likeness (QED) is 0.516. The first-order valence-corrected chi connectivity index (χ1v) is 3.22. The van der Waals surface area contributed by atoms with E-state index in [1.54, 1.807) is 13.0 Å². The number of carboxylic acid groups (broad SMARTS) is 1. The van der Waals surface area contributed by atoms with Crippen molar-refractivity contribution in [3.8, 4) is 0 Å². The fourth-order valence-electron chi connectivity index (χ4n) is 1.21. The number of aliphatic hydroxyl groups is 1. The van der Waals surface area contributed by atoms with Gasteiger partial charge in [-0.25, -0.2) is 0 Å². The van der Waals surface area contributed by atoms with Gasteiger partial charge in [0.15, 0.2) is 0 Å². The highest BCUT2D eigenvalue weighted by atomic mass is 16.4. The number of aliphatic carboxylic acids is 1. The first kappa shape index (κ1) is 7.28. The number of hydrogen-bond acceptors (Lipinski definition) is 2. The summed E-state index contributed by atoms with van der Waals surface area (Å²) in [6.45, 7) is 1.78. The SMILES string of the molecule is CC1C=C[C@H](O)[C@@H]1C(=O)O. The summed E-state index contributed by atoms with van der Waals surface area (Å²) in [7, 11) is 0. The third-order valence-electron chi connectivity index (χ3n) is 1.83. The monoisotopic (exact) mass is 142 g/mol. The maximum Gasteiger partial charge on any atom is 0.310 e. The summed E-state index contributed by atoms with van der Waals surface area (Å²) < 4.78 is 0. The second-order valence-electron chi connectivity index (χ2n) is 2.60. The third kappa shape index (κ3) is 1.04. The van der Waals surface area contributed by atoms with E-state index in [2.05, 4.69) is 0 Å². The molecule has 1 unspecified atom stereocenters. The van der Waals surface area contributed by atoms with Gasteiger partial charge in [0.05, 0.1) is 12.0 Å². The molecular formula is C7H10O3. The predicted molar refractivity (Wildman–Crippen MR) is 35.4 cm³/mol. The van der Waals surface area contributed by atoms with Crippen molar-refractivity contribution in [1.29, 1.82) is 0 Å². The summed E-state index contributed by atoms with van der Waals surface area (Å²) in [5.74, 6) is -1.61. The van der Waals surface area contributed by atoms with Crippen molar-refractivity contribution < 1.29 is 15.0 Å². The summed E-state index contributed by atoms with van der Waals surface area (Å²) in [5, 5.41) is 17.6. The van der Waals surface area contributed by atoms with E-state index >= 15 is 0 Å². The Morgan fingerprint density at radius 2 is 2.10 bits per heavy atom. The zero-order chi connectivity index (χ0) is 7.72. The van der Waals surface area contributed by atoms with Crippen LogP contribution in [0.5, 0.6) is 0 Å². The summed E-state index contributed by atoms with van der Waals surface area (Å²) in [4.78, 5) is 10.4. The van der Waals surface area contributed by atoms with Gasteiger partial charge in [-0.15, -0.1) is 0 Å². The molecule has 1 aliphatic carbocycles. The maximum absolute atomic E-state index is 10.4. The lowest BCUT2D eigenvalue weighted by atomic mass is 9.96. The van der Waals surface area contributed by atoms with Crippen LogP contribution >= 0.6 is 0 Å². The number of rotatable bonds is 1. The summed E-state index contributed by atoms with van der Waals surface area (Å²) in [6, 6.07) is 0. The van der Waals surface area contributed by atoms with Gasteiger partial charge in [-0.1, -0.05) is 19.1 Å². The first-order chi connectivity index (χ1) is 4.63. The molecule has 0 fully saturated rings. The lowest BCUT2D eigenvalue weighted by molar-refractivity contribution is -0.145. The molecule has 0 amide bonds. The van der Waals surface area contributed by atoms with Crippen molar-refractivity contribution in [2.24, 2.45) is 11.8 Å². The molecule has 1 rings (SSSR count). The van der Waals surface area contributed by atoms with Gasteiger partial charge >= 0.3 is 5.97 Å². The zero-order valence-electron chi connectivity index (χ0n) is 5.69. The van der Waals surface area contributed by atoms with Gasteiger partial charge in [-0.05, 0) is 5.92 Å². The fraction of sp³-hybridized carbons (Fsp3) is 0.571. The fourth-order valence-corrected chi connectivity index (χ4v) is 1.21. The summed E-state index contributed by atoms with van der Waals surface area (Å²) in [6.07, 6.45) is 2.46. The molecule has 0 aromatic carbocycles. The highest BCUT2D eigenvalue weighted by Gasteiger charge is 2.33. The number of allylic oxidation sites excluding steroid dienone is 1. The lowest BCUT2D eigenvalue weighted by Crippen LogP contribution is -2.27. The van der Waals surface area contributed by atoms with Crippen molar-refractivity contribution in [3.05, 3.63) is 12.2 Å². The first-order valence-electron chi connectivity index (χ1n) is 3.22. The Kier molecular flexibility index (Phi) is 1.76. The lowest BCUT2D eigenvalue weighted by Gasteiger charge is -2.12. The van der Waals surface area contributed by atoms with Crippen LogP contribution in [0.4, 0.5) is 0 Å². The Morgan fingerprint density at radius 3 is 2.30 bits per heavy atom. The topological polar surface area (TPSA) is 57.5 Å². The van der Waals surface area contributed by atoms with Gasteiger partial charge in [-0.2, -0.15) is 0 Å². The van der Waals surface area contributed by atoms with Gasteiger partial charge < -0.3 is 10.2 Å². The molecule has 0 bridgehead atoms. The van der Waals surface area contributed by atoms with Crippen LogP contribution in [0, 0.1) is 11.8 Å². The van der Waals surface area contributed by atoms with Crippen molar-refractivity contribution in [3.63, 3.8) is 0 Å². The van der Waals surface area contributed by atoms with Crippen LogP contribution < -0.4 is 0 Å². The second kappa shape index (κ2) is 2.42. The van der Waals surface area contributed by atoms with Crippen molar-refractivity contribution in [2.75, 3.05) is 0 Å². The minimum Gasteiger partial charge on any atom is -0.481 e. The van der Waals surface area contributed by atoms with Crippen LogP contribution in [-0.4, -0.2) is 22.3 Å². The van der Waals surface area contributed by atoms with Gasteiger partial charge in [0, 0.05) is 0 Å². The average molecular weight is 142 g/mol. The van der Waals surface area contributed by atoms with E-state index in [4.69, 9.17) is 10.2 Å². The molecule has 0 saturated carbocycles. The van der Waals surface area contributed by atoms with Crippen molar-refractivity contribution in [2.45, 2.75) is 13.0 Å². The van der Waals surface area contributed by atoms with Crippen LogP contribution in [0.15, 0.2) is 12.2 Å². The molecule has 0 aromatic rings. The smallest absolute Gasteiger partial charge is 0.310 e. The molecule has 0 radical (unpaired) electrons. The van der Waals surface area contributed by atoms with Crippen LogP contribution in [0.3, 0.4) is 0 Å². The maximum atomic E-state index is 10.4. The Balaban J connectivity index is 2.69. The van der Waals surface area contributed by atoms with E-state index < -0.39 is 18.0 Å². The number of carboxylic acids is 1. The normalized spacial score (nSPS) is 38.4. The molecule has 1 aliphatic rings. The molecule has 0 aliphatic heterocycles. The summed E-state index contributed by atoms with van der Waals surface area (Å²) in [5.41, 5.74) is 0. The molecule has 10 heavy (non-hydrogen) atoms. The van der Waals surface area contributed by atoms with Crippen molar-refractivity contribution >= 4 is 5.97 Å². The van der Waals surface area contributed by atoms with E-state index in [0.29, 0.717) is 0 Å².